The zero-order chi connectivity index (χ0) is 5.70. The van der Waals surface area contributed by atoms with E-state index < -0.39 is 0 Å². The standard InChI is InChI=1S/C6H13B/c1-4-5-6-7(2)3/h4-5H,6H2,1-3H3/b5-4+. The normalized spacial score (nSPS) is 10.1. The van der Waals surface area contributed by atoms with Gasteiger partial charge < -0.3 is 0 Å². The van der Waals surface area contributed by atoms with Crippen LogP contribution in [0.25, 0.3) is 0 Å². The van der Waals surface area contributed by atoms with Gasteiger partial charge in [0.2, 0.25) is 0 Å². The average Bonchev–Trinajstić information content (AvgIpc) is 1.61. The van der Waals surface area contributed by atoms with Gasteiger partial charge in [0.25, 0.3) is 0 Å². The monoisotopic (exact) mass is 96.1 g/mol. The van der Waals surface area contributed by atoms with Crippen LogP contribution in [-0.2, 0) is 0 Å². The first-order chi connectivity index (χ1) is 3.27. The molecule has 0 amide bonds. The van der Waals surface area contributed by atoms with Crippen molar-refractivity contribution in [2.45, 2.75) is 26.9 Å². The summed E-state index contributed by atoms with van der Waals surface area (Å²) in [5.74, 6) is 0. The highest BCUT2D eigenvalue weighted by Gasteiger charge is 1.90. The van der Waals surface area contributed by atoms with Crippen LogP contribution in [0.5, 0.6) is 0 Å². The summed E-state index contributed by atoms with van der Waals surface area (Å²) in [6, 6.07) is 0. The largest absolute Gasteiger partial charge is 0.137 e. The molecule has 0 nitrogen and oxygen atoms in total. The van der Waals surface area contributed by atoms with E-state index in [1.165, 1.54) is 6.32 Å². The number of hydrogen-bond donors (Lipinski definition) is 0. The molecule has 1 heteroatoms. The molecule has 40 valence electrons. The van der Waals surface area contributed by atoms with Crippen LogP contribution in [-0.4, -0.2) is 6.71 Å². The van der Waals surface area contributed by atoms with E-state index in [4.69, 9.17) is 0 Å². The summed E-state index contributed by atoms with van der Waals surface area (Å²) < 4.78 is 0. The minimum absolute atomic E-state index is 0.816. The summed E-state index contributed by atoms with van der Waals surface area (Å²) in [6.07, 6.45) is 5.52. The van der Waals surface area contributed by atoms with Crippen LogP contribution >= 0.6 is 0 Å². The van der Waals surface area contributed by atoms with Crippen molar-refractivity contribution in [3.63, 3.8) is 0 Å². The summed E-state index contributed by atoms with van der Waals surface area (Å²) in [4.78, 5) is 0. The lowest BCUT2D eigenvalue weighted by atomic mass is 9.52. The maximum Gasteiger partial charge on any atom is 0.137 e. The van der Waals surface area contributed by atoms with Gasteiger partial charge in [0, 0.05) is 0 Å². The van der Waals surface area contributed by atoms with Crippen LogP contribution in [0, 0.1) is 0 Å². The molecule has 0 N–H and O–H groups in total. The summed E-state index contributed by atoms with van der Waals surface area (Å²) in [7, 11) is 0. The topological polar surface area (TPSA) is 0 Å². The predicted octanol–water partition coefficient (Wildman–Crippen LogP) is 2.32. The Kier molecular flexibility index (Phi) is 3.87. The van der Waals surface area contributed by atoms with Gasteiger partial charge in [-0.05, 0) is 6.92 Å². The Balaban J connectivity index is 2.97. The van der Waals surface area contributed by atoms with Gasteiger partial charge in [-0.2, -0.15) is 0 Å². The quantitative estimate of drug-likeness (QED) is 0.365. The second-order valence-corrected chi connectivity index (χ2v) is 2.20. The SMILES string of the molecule is C/C=C/CB(C)C. The van der Waals surface area contributed by atoms with E-state index in [0.717, 1.165) is 6.71 Å². The third kappa shape index (κ3) is 5.80. The summed E-state index contributed by atoms with van der Waals surface area (Å²) in [5, 5.41) is 0. The number of hydrogen-bond acceptors (Lipinski definition) is 0. The van der Waals surface area contributed by atoms with Crippen molar-refractivity contribution in [3.05, 3.63) is 12.2 Å². The molecule has 0 saturated carbocycles. The van der Waals surface area contributed by atoms with Crippen LogP contribution in [0.2, 0.25) is 20.0 Å². The minimum Gasteiger partial charge on any atom is -0.0960 e. The molecule has 0 unspecified atom stereocenters. The molecule has 0 spiro atoms. The Hall–Kier alpha value is -0.195. The summed E-state index contributed by atoms with van der Waals surface area (Å²) in [6.45, 7) is 7.32. The summed E-state index contributed by atoms with van der Waals surface area (Å²) in [5.41, 5.74) is 0. The van der Waals surface area contributed by atoms with Crippen molar-refractivity contribution in [1.29, 1.82) is 0 Å². The average molecular weight is 96.0 g/mol. The van der Waals surface area contributed by atoms with E-state index in [9.17, 15) is 0 Å². The lowest BCUT2D eigenvalue weighted by Crippen LogP contribution is -1.94. The van der Waals surface area contributed by atoms with Crippen molar-refractivity contribution in [2.75, 3.05) is 0 Å². The van der Waals surface area contributed by atoms with Gasteiger partial charge in [-0.1, -0.05) is 32.1 Å². The molecule has 0 aliphatic rings. The molecule has 7 heavy (non-hydrogen) atoms. The van der Waals surface area contributed by atoms with Crippen LogP contribution in [0.1, 0.15) is 6.92 Å². The fourth-order valence-electron chi connectivity index (χ4n) is 0.408. The fourth-order valence-corrected chi connectivity index (χ4v) is 0.408. The third-order valence-electron chi connectivity index (χ3n) is 0.843. The summed E-state index contributed by atoms with van der Waals surface area (Å²) >= 11 is 0. The highest BCUT2D eigenvalue weighted by atomic mass is 13.6. The molecule has 0 rings (SSSR count). The minimum atomic E-state index is 0.816. The van der Waals surface area contributed by atoms with Gasteiger partial charge in [-0.15, -0.1) is 0 Å². The van der Waals surface area contributed by atoms with E-state index in [1.54, 1.807) is 0 Å². The van der Waals surface area contributed by atoms with Gasteiger partial charge in [-0.3, -0.25) is 0 Å². The van der Waals surface area contributed by atoms with E-state index in [-0.39, 0.29) is 0 Å². The maximum absolute atomic E-state index is 2.22. The zero-order valence-corrected chi connectivity index (χ0v) is 5.44. The Morgan fingerprint density at radius 3 is 2.14 bits per heavy atom. The van der Waals surface area contributed by atoms with Crippen LogP contribution in [0.15, 0.2) is 12.2 Å². The van der Waals surface area contributed by atoms with Crippen molar-refractivity contribution in [3.8, 4) is 0 Å². The maximum atomic E-state index is 2.22. The van der Waals surface area contributed by atoms with E-state index >= 15 is 0 Å². The molecule has 0 radical (unpaired) electrons. The molecule has 0 fully saturated rings. The molecule has 0 bridgehead atoms. The van der Waals surface area contributed by atoms with Gasteiger partial charge in [0.15, 0.2) is 0 Å². The van der Waals surface area contributed by atoms with Crippen LogP contribution in [0.4, 0.5) is 0 Å². The van der Waals surface area contributed by atoms with Gasteiger partial charge in [0.1, 0.15) is 6.71 Å². The molecule has 0 atom stereocenters. The molecule has 0 aliphatic heterocycles. The van der Waals surface area contributed by atoms with Crippen molar-refractivity contribution < 1.29 is 0 Å². The smallest absolute Gasteiger partial charge is 0.0960 e. The van der Waals surface area contributed by atoms with Crippen LogP contribution in [0.3, 0.4) is 0 Å². The highest BCUT2D eigenvalue weighted by Crippen LogP contribution is 1.90. The molecule has 0 saturated heterocycles. The van der Waals surface area contributed by atoms with Crippen LogP contribution < -0.4 is 0 Å². The molecule has 0 aliphatic carbocycles. The molecular formula is C6H13B. The first-order valence-corrected chi connectivity index (χ1v) is 2.88. The second-order valence-electron chi connectivity index (χ2n) is 2.20. The van der Waals surface area contributed by atoms with Gasteiger partial charge in [0.05, 0.1) is 0 Å². The Morgan fingerprint density at radius 1 is 1.43 bits per heavy atom. The Bertz CT molecular complexity index is 55.2. The fraction of sp³-hybridized carbons (Fsp3) is 0.667. The lowest BCUT2D eigenvalue weighted by molar-refractivity contribution is 1.56. The van der Waals surface area contributed by atoms with E-state index in [1.807, 2.05) is 0 Å². The van der Waals surface area contributed by atoms with Gasteiger partial charge in [-0.25, -0.2) is 0 Å². The molecule has 0 heterocycles. The molecule has 0 aromatic carbocycles. The Morgan fingerprint density at radius 2 is 2.00 bits per heavy atom. The predicted molar refractivity (Wildman–Crippen MR) is 37.1 cm³/mol. The van der Waals surface area contributed by atoms with Crippen molar-refractivity contribution in [1.82, 2.24) is 0 Å². The third-order valence-corrected chi connectivity index (χ3v) is 0.843. The lowest BCUT2D eigenvalue weighted by Gasteiger charge is -1.88. The highest BCUT2D eigenvalue weighted by molar-refractivity contribution is 6.56. The number of rotatable bonds is 2. The van der Waals surface area contributed by atoms with Crippen molar-refractivity contribution >= 4 is 6.71 Å². The first kappa shape index (κ1) is 6.80. The number of allylic oxidation sites excluding steroid dienone is 2. The molecule has 0 aromatic heterocycles. The second kappa shape index (κ2) is 3.98. The first-order valence-electron chi connectivity index (χ1n) is 2.88. The zero-order valence-electron chi connectivity index (χ0n) is 5.44. The van der Waals surface area contributed by atoms with Crippen molar-refractivity contribution in [2.24, 2.45) is 0 Å². The molecular weight excluding hydrogens is 82.9 g/mol. The van der Waals surface area contributed by atoms with E-state index in [0.29, 0.717) is 0 Å². The Labute approximate surface area is 46.7 Å². The van der Waals surface area contributed by atoms with Gasteiger partial charge >= 0.3 is 0 Å². The molecule has 0 aromatic rings. The van der Waals surface area contributed by atoms with E-state index in [2.05, 4.69) is 32.7 Å².